The van der Waals surface area contributed by atoms with Crippen molar-refractivity contribution >= 4 is 11.8 Å². The van der Waals surface area contributed by atoms with Crippen LogP contribution in [0.15, 0.2) is 36.4 Å². The van der Waals surface area contributed by atoms with E-state index in [-0.39, 0.29) is 36.7 Å². The van der Waals surface area contributed by atoms with Crippen LogP contribution in [0.3, 0.4) is 0 Å². The van der Waals surface area contributed by atoms with Crippen molar-refractivity contribution in [3.05, 3.63) is 64.5 Å². The van der Waals surface area contributed by atoms with Crippen LogP contribution in [-0.4, -0.2) is 42.5 Å². The Kier molecular flexibility index (Phi) is 7.08. The lowest BCUT2D eigenvalue weighted by atomic mass is 10.0. The lowest BCUT2D eigenvalue weighted by molar-refractivity contribution is -0.131. The van der Waals surface area contributed by atoms with Gasteiger partial charge in [0.15, 0.2) is 6.61 Å². The highest BCUT2D eigenvalue weighted by atomic mass is 19.1. The molecule has 0 aromatic heterocycles. The van der Waals surface area contributed by atoms with Crippen LogP contribution >= 0.6 is 0 Å². The monoisotopic (exact) mass is 412 g/mol. The normalized spacial score (nSPS) is 14.5. The first-order chi connectivity index (χ1) is 14.3. The van der Waals surface area contributed by atoms with E-state index in [4.69, 9.17) is 4.74 Å². The molecule has 0 aliphatic carbocycles. The second kappa shape index (κ2) is 9.74. The van der Waals surface area contributed by atoms with E-state index in [1.807, 2.05) is 37.8 Å². The maximum Gasteiger partial charge on any atom is 0.258 e. The molecule has 1 aliphatic heterocycles. The van der Waals surface area contributed by atoms with Crippen LogP contribution in [0.25, 0.3) is 0 Å². The Hall–Kier alpha value is -2.89. The van der Waals surface area contributed by atoms with Crippen LogP contribution in [0.1, 0.15) is 35.1 Å². The summed E-state index contributed by atoms with van der Waals surface area (Å²) in [6, 6.07) is 10.1. The summed E-state index contributed by atoms with van der Waals surface area (Å²) in [5.41, 5.74) is 4.00. The number of amides is 2. The van der Waals surface area contributed by atoms with Crippen molar-refractivity contribution in [2.45, 2.75) is 46.1 Å². The molecule has 1 fully saturated rings. The number of benzene rings is 2. The van der Waals surface area contributed by atoms with E-state index in [1.54, 1.807) is 12.1 Å². The molecule has 0 atom stereocenters. The Morgan fingerprint density at radius 1 is 1.03 bits per heavy atom. The Bertz CT molecular complexity index is 903. The van der Waals surface area contributed by atoms with Gasteiger partial charge in [-0.1, -0.05) is 24.3 Å². The van der Waals surface area contributed by atoms with Crippen LogP contribution in [0, 0.1) is 26.6 Å². The van der Waals surface area contributed by atoms with E-state index in [1.165, 1.54) is 12.1 Å². The quantitative estimate of drug-likeness (QED) is 0.790. The predicted molar refractivity (Wildman–Crippen MR) is 114 cm³/mol. The van der Waals surface area contributed by atoms with Crippen LogP contribution < -0.4 is 10.1 Å². The molecule has 0 saturated carbocycles. The number of hydrogen-bond acceptors (Lipinski definition) is 3. The molecule has 1 heterocycles. The smallest absolute Gasteiger partial charge is 0.258 e. The summed E-state index contributed by atoms with van der Waals surface area (Å²) in [6.07, 6.45) is 1.69. The van der Waals surface area contributed by atoms with Gasteiger partial charge in [0.2, 0.25) is 5.91 Å². The zero-order valence-corrected chi connectivity index (χ0v) is 17.8. The van der Waals surface area contributed by atoms with Gasteiger partial charge in [0.1, 0.15) is 11.6 Å². The number of hydrogen-bond donors (Lipinski definition) is 1. The van der Waals surface area contributed by atoms with Gasteiger partial charge in [0.05, 0.1) is 6.42 Å². The highest BCUT2D eigenvalue weighted by Gasteiger charge is 2.24. The van der Waals surface area contributed by atoms with Crippen LogP contribution in [-0.2, 0) is 16.0 Å². The van der Waals surface area contributed by atoms with Crippen molar-refractivity contribution < 1.29 is 18.7 Å². The summed E-state index contributed by atoms with van der Waals surface area (Å²) >= 11 is 0. The fourth-order valence-electron chi connectivity index (χ4n) is 3.72. The second-order valence-corrected chi connectivity index (χ2v) is 7.97. The Morgan fingerprint density at radius 3 is 2.33 bits per heavy atom. The topological polar surface area (TPSA) is 58.6 Å². The van der Waals surface area contributed by atoms with Crippen molar-refractivity contribution in [3.8, 4) is 5.75 Å². The fourth-order valence-corrected chi connectivity index (χ4v) is 3.72. The van der Waals surface area contributed by atoms with Gasteiger partial charge in [0.25, 0.3) is 5.91 Å². The van der Waals surface area contributed by atoms with Gasteiger partial charge in [-0.25, -0.2) is 4.39 Å². The fraction of sp³-hybridized carbons (Fsp3) is 0.417. The van der Waals surface area contributed by atoms with E-state index in [0.29, 0.717) is 25.9 Å². The number of halogens is 1. The van der Waals surface area contributed by atoms with E-state index in [0.717, 1.165) is 28.0 Å². The number of nitrogens with one attached hydrogen (secondary N) is 1. The van der Waals surface area contributed by atoms with Gasteiger partial charge in [0, 0.05) is 19.1 Å². The van der Waals surface area contributed by atoms with E-state index >= 15 is 0 Å². The molecular formula is C24H29FN2O3. The third-order valence-electron chi connectivity index (χ3n) is 5.70. The van der Waals surface area contributed by atoms with Gasteiger partial charge >= 0.3 is 0 Å². The average molecular weight is 413 g/mol. The summed E-state index contributed by atoms with van der Waals surface area (Å²) in [5.74, 6) is 0.345. The number of piperidine rings is 1. The van der Waals surface area contributed by atoms with E-state index < -0.39 is 0 Å². The molecule has 160 valence electrons. The van der Waals surface area contributed by atoms with Crippen molar-refractivity contribution in [3.63, 3.8) is 0 Å². The third-order valence-corrected chi connectivity index (χ3v) is 5.70. The SMILES string of the molecule is Cc1ccc(C)c(OCC(=O)NC2CCN(C(=O)Cc3ccc(F)cc3)CC2)c1C. The number of nitrogens with zero attached hydrogens (tertiary/aromatic N) is 1. The number of likely N-dealkylation sites (tertiary alicyclic amines) is 1. The molecule has 0 bridgehead atoms. The average Bonchev–Trinajstić information content (AvgIpc) is 2.73. The maximum atomic E-state index is 13.0. The predicted octanol–water partition coefficient (Wildman–Crippen LogP) is 3.48. The van der Waals surface area contributed by atoms with Crippen molar-refractivity contribution in [1.29, 1.82) is 0 Å². The molecule has 30 heavy (non-hydrogen) atoms. The molecule has 1 N–H and O–H groups in total. The summed E-state index contributed by atoms with van der Waals surface area (Å²) in [5, 5.41) is 3.01. The minimum atomic E-state index is -0.306. The lowest BCUT2D eigenvalue weighted by Crippen LogP contribution is -2.47. The van der Waals surface area contributed by atoms with Crippen LogP contribution in [0.5, 0.6) is 5.75 Å². The minimum Gasteiger partial charge on any atom is -0.483 e. The van der Waals surface area contributed by atoms with Crippen molar-refractivity contribution in [2.24, 2.45) is 0 Å². The molecule has 0 spiro atoms. The molecule has 3 rings (SSSR count). The molecule has 6 heteroatoms. The highest BCUT2D eigenvalue weighted by Crippen LogP contribution is 2.25. The van der Waals surface area contributed by atoms with Gasteiger partial charge < -0.3 is 15.0 Å². The Morgan fingerprint density at radius 2 is 1.67 bits per heavy atom. The van der Waals surface area contributed by atoms with Crippen LogP contribution in [0.4, 0.5) is 4.39 Å². The van der Waals surface area contributed by atoms with E-state index in [9.17, 15) is 14.0 Å². The zero-order valence-electron chi connectivity index (χ0n) is 17.8. The van der Waals surface area contributed by atoms with E-state index in [2.05, 4.69) is 5.32 Å². The molecule has 2 amide bonds. The second-order valence-electron chi connectivity index (χ2n) is 7.97. The standard InChI is InChI=1S/C24H29FN2O3/c1-16-4-5-17(2)24(18(16)3)30-15-22(28)26-21-10-12-27(13-11-21)23(29)14-19-6-8-20(25)9-7-19/h4-9,21H,10-15H2,1-3H3,(H,26,28). The molecule has 5 nitrogen and oxygen atoms in total. The molecule has 1 saturated heterocycles. The van der Waals surface area contributed by atoms with Crippen molar-refractivity contribution in [1.82, 2.24) is 10.2 Å². The summed E-state index contributed by atoms with van der Waals surface area (Å²) in [7, 11) is 0. The minimum absolute atomic E-state index is 0.0190. The zero-order chi connectivity index (χ0) is 21.7. The van der Waals surface area contributed by atoms with Gasteiger partial charge in [-0.05, 0) is 68.0 Å². The maximum absolute atomic E-state index is 13.0. The number of carbonyl (C=O) groups excluding carboxylic acids is 2. The number of aryl methyl sites for hydroxylation is 2. The first-order valence-corrected chi connectivity index (χ1v) is 10.3. The first kappa shape index (κ1) is 21.8. The molecule has 2 aromatic rings. The van der Waals surface area contributed by atoms with Crippen LogP contribution in [0.2, 0.25) is 0 Å². The lowest BCUT2D eigenvalue weighted by Gasteiger charge is -2.32. The highest BCUT2D eigenvalue weighted by molar-refractivity contribution is 5.79. The molecular weight excluding hydrogens is 383 g/mol. The number of ether oxygens (including phenoxy) is 1. The third kappa shape index (κ3) is 5.59. The Balaban J connectivity index is 1.43. The summed E-state index contributed by atoms with van der Waals surface area (Å²) < 4.78 is 18.8. The van der Waals surface area contributed by atoms with Gasteiger partial charge in [-0.2, -0.15) is 0 Å². The van der Waals surface area contributed by atoms with Crippen molar-refractivity contribution in [2.75, 3.05) is 19.7 Å². The van der Waals surface area contributed by atoms with Gasteiger partial charge in [-0.3, -0.25) is 9.59 Å². The summed E-state index contributed by atoms with van der Waals surface area (Å²) in [4.78, 5) is 26.6. The number of rotatable bonds is 6. The largest absolute Gasteiger partial charge is 0.483 e. The molecule has 2 aromatic carbocycles. The first-order valence-electron chi connectivity index (χ1n) is 10.3. The van der Waals surface area contributed by atoms with Gasteiger partial charge in [-0.15, -0.1) is 0 Å². The molecule has 0 radical (unpaired) electrons. The molecule has 0 unspecified atom stereocenters. The molecule has 1 aliphatic rings. The summed E-state index contributed by atoms with van der Waals surface area (Å²) in [6.45, 7) is 7.16. The Labute approximate surface area is 177 Å². The number of carbonyl (C=O) groups is 2.